The van der Waals surface area contributed by atoms with E-state index in [0.717, 1.165) is 13.1 Å². The summed E-state index contributed by atoms with van der Waals surface area (Å²) in [5.41, 5.74) is 3.13. The van der Waals surface area contributed by atoms with Gasteiger partial charge in [0, 0.05) is 19.1 Å². The van der Waals surface area contributed by atoms with Gasteiger partial charge >= 0.3 is 0 Å². The fourth-order valence-electron chi connectivity index (χ4n) is 2.19. The number of piperazine rings is 1. The van der Waals surface area contributed by atoms with Gasteiger partial charge in [-0.1, -0.05) is 20.8 Å². The summed E-state index contributed by atoms with van der Waals surface area (Å²) < 4.78 is 5.78. The van der Waals surface area contributed by atoms with Gasteiger partial charge in [-0.25, -0.2) is 0 Å². The average molecular weight is 258 g/mol. The number of rotatable bonds is 3. The van der Waals surface area contributed by atoms with Gasteiger partial charge in [-0.3, -0.25) is 15.5 Å². The predicted molar refractivity (Wildman–Crippen MR) is 69.6 cm³/mol. The van der Waals surface area contributed by atoms with E-state index < -0.39 is 0 Å². The maximum absolute atomic E-state index is 5.78. The molecule has 0 radical (unpaired) electrons. The maximum atomic E-state index is 5.78. The molecule has 2 heterocycles. The molecule has 2 saturated heterocycles. The van der Waals surface area contributed by atoms with E-state index in [9.17, 15) is 0 Å². The van der Waals surface area contributed by atoms with Crippen molar-refractivity contribution in [2.45, 2.75) is 52.4 Å². The molecule has 0 saturated carbocycles. The third kappa shape index (κ3) is 3.88. The smallest absolute Gasteiger partial charge is 0.154 e. The van der Waals surface area contributed by atoms with Gasteiger partial charge in [0.15, 0.2) is 6.23 Å². The summed E-state index contributed by atoms with van der Waals surface area (Å²) in [6.45, 7) is 11.1. The number of nitrogens with one attached hydrogen (secondary N) is 4. The highest BCUT2D eigenvalue weighted by Crippen LogP contribution is 2.20. The van der Waals surface area contributed by atoms with Crippen LogP contribution in [0.2, 0.25) is 0 Å². The number of ether oxygens (including phenoxy) is 1. The summed E-state index contributed by atoms with van der Waals surface area (Å²) in [6, 6.07) is 0.486. The molecular formula is C12H26N4O2. The maximum Gasteiger partial charge on any atom is 0.154 e. The minimum Gasteiger partial charge on any atom is -0.358 e. The van der Waals surface area contributed by atoms with Crippen LogP contribution in [0.3, 0.4) is 0 Å². The van der Waals surface area contributed by atoms with Crippen molar-refractivity contribution < 1.29 is 9.57 Å². The first-order valence-corrected chi connectivity index (χ1v) is 6.71. The Morgan fingerprint density at radius 2 is 2.00 bits per heavy atom. The minimum atomic E-state index is -0.0675. The molecule has 4 N–H and O–H groups in total. The third-order valence-corrected chi connectivity index (χ3v) is 3.42. The van der Waals surface area contributed by atoms with Crippen LogP contribution in [0.25, 0.3) is 0 Å². The summed E-state index contributed by atoms with van der Waals surface area (Å²) in [5, 5.41) is 10.2. The zero-order valence-corrected chi connectivity index (χ0v) is 11.7. The van der Waals surface area contributed by atoms with Gasteiger partial charge in [0.2, 0.25) is 0 Å². The molecular weight excluding hydrogens is 232 g/mol. The van der Waals surface area contributed by atoms with Gasteiger partial charge in [0.25, 0.3) is 0 Å². The van der Waals surface area contributed by atoms with E-state index >= 15 is 0 Å². The molecule has 6 heteroatoms. The normalized spacial score (nSPS) is 38.0. The van der Waals surface area contributed by atoms with E-state index in [1.807, 2.05) is 6.92 Å². The second kappa shape index (κ2) is 5.81. The van der Waals surface area contributed by atoms with Crippen molar-refractivity contribution in [2.24, 2.45) is 5.41 Å². The molecule has 106 valence electrons. The Bertz CT molecular complexity index is 261. The van der Waals surface area contributed by atoms with Gasteiger partial charge in [0.05, 0.1) is 12.8 Å². The number of hydrogen-bond donors (Lipinski definition) is 4. The molecule has 2 aliphatic heterocycles. The highest BCUT2D eigenvalue weighted by atomic mass is 16.7. The Kier molecular flexibility index (Phi) is 4.58. The lowest BCUT2D eigenvalue weighted by Crippen LogP contribution is -2.59. The van der Waals surface area contributed by atoms with Crippen LogP contribution in [0.4, 0.5) is 0 Å². The highest BCUT2D eigenvalue weighted by Gasteiger charge is 2.30. The molecule has 4 unspecified atom stereocenters. The van der Waals surface area contributed by atoms with Crippen LogP contribution in [0, 0.1) is 5.41 Å². The highest BCUT2D eigenvalue weighted by molar-refractivity contribution is 4.87. The zero-order valence-electron chi connectivity index (χ0n) is 11.7. The molecule has 0 bridgehead atoms. The summed E-state index contributed by atoms with van der Waals surface area (Å²) in [7, 11) is 0. The van der Waals surface area contributed by atoms with Crippen LogP contribution < -0.4 is 21.4 Å². The first-order chi connectivity index (χ1) is 8.45. The molecule has 6 nitrogen and oxygen atoms in total. The van der Waals surface area contributed by atoms with E-state index in [1.54, 1.807) is 0 Å². The van der Waals surface area contributed by atoms with E-state index in [1.165, 1.54) is 0 Å². The van der Waals surface area contributed by atoms with Crippen LogP contribution in [-0.2, 0) is 9.57 Å². The third-order valence-electron chi connectivity index (χ3n) is 3.42. The van der Waals surface area contributed by atoms with Crippen LogP contribution in [0.1, 0.15) is 27.7 Å². The Balaban J connectivity index is 1.65. The fraction of sp³-hybridized carbons (Fsp3) is 1.00. The van der Waals surface area contributed by atoms with E-state index in [2.05, 4.69) is 42.2 Å². The lowest BCUT2D eigenvalue weighted by molar-refractivity contribution is -0.0697. The van der Waals surface area contributed by atoms with Gasteiger partial charge in [0.1, 0.15) is 6.23 Å². The predicted octanol–water partition coefficient (Wildman–Crippen LogP) is -0.267. The van der Waals surface area contributed by atoms with Gasteiger partial charge in [-0.05, 0) is 12.3 Å². The second-order valence-electron chi connectivity index (χ2n) is 6.17. The van der Waals surface area contributed by atoms with Gasteiger partial charge < -0.3 is 10.1 Å². The Hall–Kier alpha value is -0.240. The lowest BCUT2D eigenvalue weighted by Gasteiger charge is -2.38. The molecule has 0 aromatic rings. The van der Waals surface area contributed by atoms with Gasteiger partial charge in [-0.2, -0.15) is 5.48 Å². The first-order valence-electron chi connectivity index (χ1n) is 6.71. The van der Waals surface area contributed by atoms with Crippen molar-refractivity contribution in [3.8, 4) is 0 Å². The number of hydroxylamine groups is 1. The lowest BCUT2D eigenvalue weighted by atomic mass is 9.86. The molecule has 4 atom stereocenters. The molecule has 18 heavy (non-hydrogen) atoms. The standard InChI is InChI=1S/C12H26N4O2/c1-8-15-11(18-16-8)7-17-10-6-13-9(5-14-10)12(2,3)4/h8-11,13-16H,5-7H2,1-4H3. The summed E-state index contributed by atoms with van der Waals surface area (Å²) >= 11 is 0. The van der Waals surface area contributed by atoms with Crippen LogP contribution in [-0.4, -0.2) is 44.4 Å². The molecule has 0 amide bonds. The van der Waals surface area contributed by atoms with E-state index in [4.69, 9.17) is 9.57 Å². The molecule has 0 aliphatic carbocycles. The monoisotopic (exact) mass is 258 g/mol. The summed E-state index contributed by atoms with van der Waals surface area (Å²) in [4.78, 5) is 5.30. The van der Waals surface area contributed by atoms with Crippen molar-refractivity contribution >= 4 is 0 Å². The van der Waals surface area contributed by atoms with Crippen molar-refractivity contribution in [1.29, 1.82) is 0 Å². The quantitative estimate of drug-likeness (QED) is 0.559. The molecule has 2 fully saturated rings. The molecule has 0 spiro atoms. The van der Waals surface area contributed by atoms with Gasteiger partial charge in [-0.15, -0.1) is 0 Å². The van der Waals surface area contributed by atoms with Crippen molar-refractivity contribution in [3.63, 3.8) is 0 Å². The molecule has 0 aromatic carbocycles. The second-order valence-corrected chi connectivity index (χ2v) is 6.17. The Labute approximate surface area is 109 Å². The SMILES string of the molecule is CC1NOC(COC2CNC(C(C)(C)C)CN2)N1. The summed E-state index contributed by atoms with van der Waals surface area (Å²) in [6.07, 6.45) is 0.174. The van der Waals surface area contributed by atoms with E-state index in [0.29, 0.717) is 12.6 Å². The van der Waals surface area contributed by atoms with Crippen molar-refractivity contribution in [2.75, 3.05) is 19.7 Å². The summed E-state index contributed by atoms with van der Waals surface area (Å²) in [5.74, 6) is 0. The zero-order chi connectivity index (χ0) is 13.2. The van der Waals surface area contributed by atoms with E-state index in [-0.39, 0.29) is 24.0 Å². The van der Waals surface area contributed by atoms with Crippen LogP contribution in [0.15, 0.2) is 0 Å². The minimum absolute atomic E-state index is 0.0601. The largest absolute Gasteiger partial charge is 0.358 e. The van der Waals surface area contributed by atoms with Crippen LogP contribution in [0.5, 0.6) is 0 Å². The number of hydrogen-bond acceptors (Lipinski definition) is 6. The Morgan fingerprint density at radius 1 is 1.22 bits per heavy atom. The fourth-order valence-corrected chi connectivity index (χ4v) is 2.19. The van der Waals surface area contributed by atoms with Crippen LogP contribution >= 0.6 is 0 Å². The topological polar surface area (TPSA) is 66.6 Å². The molecule has 2 rings (SSSR count). The Morgan fingerprint density at radius 3 is 2.50 bits per heavy atom. The van der Waals surface area contributed by atoms with Crippen molar-refractivity contribution in [1.82, 2.24) is 21.4 Å². The molecule has 2 aliphatic rings. The molecule has 0 aromatic heterocycles. The average Bonchev–Trinajstić information content (AvgIpc) is 2.72. The van der Waals surface area contributed by atoms with Crippen molar-refractivity contribution in [3.05, 3.63) is 0 Å². The first kappa shape index (κ1) is 14.2.